The van der Waals surface area contributed by atoms with Gasteiger partial charge in [-0.15, -0.1) is 0 Å². The summed E-state index contributed by atoms with van der Waals surface area (Å²) in [7, 11) is 0. The van der Waals surface area contributed by atoms with Gasteiger partial charge in [-0.1, -0.05) is 13.8 Å². The van der Waals surface area contributed by atoms with E-state index in [1.165, 1.54) is 0 Å². The molecule has 120 valence electrons. The average Bonchev–Trinajstić information content (AvgIpc) is 2.33. The predicted octanol–water partition coefficient (Wildman–Crippen LogP) is -2.08. The topological polar surface area (TPSA) is 165 Å². The molecule has 0 spiro atoms. The molecule has 9 heteroatoms. The highest BCUT2D eigenvalue weighted by Crippen LogP contribution is 2.05. The van der Waals surface area contributed by atoms with Crippen molar-refractivity contribution in [3.8, 4) is 0 Å². The second kappa shape index (κ2) is 8.90. The molecule has 3 amide bonds. The molecule has 0 fully saturated rings. The molecule has 0 aromatic heterocycles. The molecule has 0 saturated heterocycles. The van der Waals surface area contributed by atoms with Crippen LogP contribution in [-0.4, -0.2) is 47.4 Å². The summed E-state index contributed by atoms with van der Waals surface area (Å²) in [5, 5.41) is 13.1. The molecule has 0 heterocycles. The summed E-state index contributed by atoms with van der Waals surface area (Å²) in [5.74, 6) is -3.15. The third kappa shape index (κ3) is 8.58. The number of carbonyl (C=O) groups excluding carboxylic acids is 3. The van der Waals surface area contributed by atoms with Crippen molar-refractivity contribution in [2.75, 3.05) is 6.54 Å². The lowest BCUT2D eigenvalue weighted by Crippen LogP contribution is -2.53. The molecule has 0 aliphatic heterocycles. The van der Waals surface area contributed by atoms with Gasteiger partial charge in [-0.25, -0.2) is 0 Å². The summed E-state index contributed by atoms with van der Waals surface area (Å²) in [5.41, 5.74) is 10.4. The van der Waals surface area contributed by atoms with Crippen molar-refractivity contribution in [3.05, 3.63) is 0 Å². The van der Waals surface area contributed by atoms with E-state index >= 15 is 0 Å². The van der Waals surface area contributed by atoms with Crippen LogP contribution in [0.3, 0.4) is 0 Å². The van der Waals surface area contributed by atoms with Crippen molar-refractivity contribution in [1.82, 2.24) is 10.6 Å². The Morgan fingerprint density at radius 3 is 2.14 bits per heavy atom. The van der Waals surface area contributed by atoms with Crippen LogP contribution in [0.5, 0.6) is 0 Å². The Hall–Kier alpha value is -2.16. The van der Waals surface area contributed by atoms with Gasteiger partial charge in [0, 0.05) is 0 Å². The molecule has 7 N–H and O–H groups in total. The number of rotatable bonds is 9. The fourth-order valence-corrected chi connectivity index (χ4v) is 1.58. The van der Waals surface area contributed by atoms with Gasteiger partial charge in [-0.2, -0.15) is 0 Å². The number of carboxylic acids is 1. The van der Waals surface area contributed by atoms with Crippen LogP contribution in [-0.2, 0) is 19.2 Å². The van der Waals surface area contributed by atoms with Gasteiger partial charge in [-0.05, 0) is 12.3 Å². The molecule has 0 rings (SSSR count). The number of primary amides is 1. The maximum atomic E-state index is 11.8. The largest absolute Gasteiger partial charge is 0.480 e. The van der Waals surface area contributed by atoms with Crippen LogP contribution in [0.2, 0.25) is 0 Å². The van der Waals surface area contributed by atoms with Crippen LogP contribution in [0.4, 0.5) is 0 Å². The second-order valence-electron chi connectivity index (χ2n) is 5.08. The van der Waals surface area contributed by atoms with Gasteiger partial charge in [0.1, 0.15) is 12.6 Å². The molecular formula is C12H22N4O5. The number of carbonyl (C=O) groups is 4. The maximum Gasteiger partial charge on any atom is 0.322 e. The lowest BCUT2D eigenvalue weighted by Gasteiger charge is -2.21. The minimum atomic E-state index is -1.19. The van der Waals surface area contributed by atoms with Crippen molar-refractivity contribution in [1.29, 1.82) is 0 Å². The second-order valence-corrected chi connectivity index (χ2v) is 5.08. The molecule has 9 nitrogen and oxygen atoms in total. The van der Waals surface area contributed by atoms with E-state index in [1.54, 1.807) is 0 Å². The molecule has 0 bridgehead atoms. The number of nitrogens with one attached hydrogen (secondary N) is 2. The number of aliphatic carboxylic acids is 1. The summed E-state index contributed by atoms with van der Waals surface area (Å²) in [6.07, 6.45) is -0.0303. The first-order valence-electron chi connectivity index (χ1n) is 6.47. The van der Waals surface area contributed by atoms with Crippen molar-refractivity contribution in [2.45, 2.75) is 38.8 Å². The minimum absolute atomic E-state index is 0.0817. The van der Waals surface area contributed by atoms with E-state index in [2.05, 4.69) is 10.6 Å². The van der Waals surface area contributed by atoms with E-state index in [4.69, 9.17) is 16.6 Å². The molecule has 0 aromatic carbocycles. The number of carboxylic acid groups (broad SMARTS) is 1. The van der Waals surface area contributed by atoms with Crippen LogP contribution in [0, 0.1) is 5.92 Å². The summed E-state index contributed by atoms with van der Waals surface area (Å²) in [6.45, 7) is 3.14. The Labute approximate surface area is 122 Å². The number of hydrogen-bond donors (Lipinski definition) is 5. The highest BCUT2D eigenvalue weighted by atomic mass is 16.4. The van der Waals surface area contributed by atoms with E-state index in [0.29, 0.717) is 6.42 Å². The molecule has 0 aliphatic carbocycles. The quantitative estimate of drug-likeness (QED) is 0.328. The Morgan fingerprint density at radius 1 is 1.14 bits per heavy atom. The van der Waals surface area contributed by atoms with Crippen LogP contribution < -0.4 is 22.1 Å². The first-order chi connectivity index (χ1) is 9.63. The van der Waals surface area contributed by atoms with Gasteiger partial charge < -0.3 is 27.2 Å². The monoisotopic (exact) mass is 302 g/mol. The first kappa shape index (κ1) is 18.8. The third-order valence-electron chi connectivity index (χ3n) is 2.51. The fourth-order valence-electron chi connectivity index (χ4n) is 1.58. The third-order valence-corrected chi connectivity index (χ3v) is 2.51. The van der Waals surface area contributed by atoms with E-state index < -0.39 is 42.3 Å². The summed E-state index contributed by atoms with van der Waals surface area (Å²) < 4.78 is 0. The average molecular weight is 302 g/mol. The molecule has 0 radical (unpaired) electrons. The van der Waals surface area contributed by atoms with E-state index in [0.717, 1.165) is 0 Å². The van der Waals surface area contributed by atoms with E-state index in [-0.39, 0.29) is 12.3 Å². The molecular weight excluding hydrogens is 280 g/mol. The van der Waals surface area contributed by atoms with Crippen LogP contribution in [0.15, 0.2) is 0 Å². The SMILES string of the molecule is CC(C)CC(NC(=O)C(N)CC(N)=O)C(=O)NCC(=O)O. The van der Waals surface area contributed by atoms with Crippen molar-refractivity contribution in [3.63, 3.8) is 0 Å². The van der Waals surface area contributed by atoms with Crippen LogP contribution >= 0.6 is 0 Å². The summed E-state index contributed by atoms with van der Waals surface area (Å²) in [6, 6.07) is -2.07. The zero-order valence-electron chi connectivity index (χ0n) is 12.1. The lowest BCUT2D eigenvalue weighted by atomic mass is 10.0. The minimum Gasteiger partial charge on any atom is -0.480 e. The van der Waals surface area contributed by atoms with Gasteiger partial charge >= 0.3 is 5.97 Å². The smallest absolute Gasteiger partial charge is 0.322 e. The zero-order valence-corrected chi connectivity index (χ0v) is 12.1. The molecule has 0 aromatic rings. The van der Waals surface area contributed by atoms with Crippen molar-refractivity contribution >= 4 is 23.7 Å². The molecule has 2 atom stereocenters. The van der Waals surface area contributed by atoms with Gasteiger partial charge in [0.05, 0.1) is 12.5 Å². The highest BCUT2D eigenvalue weighted by Gasteiger charge is 2.25. The van der Waals surface area contributed by atoms with Crippen LogP contribution in [0.1, 0.15) is 26.7 Å². The summed E-state index contributed by atoms with van der Waals surface area (Å²) in [4.78, 5) is 44.7. The Kier molecular flexibility index (Phi) is 7.99. The molecule has 0 aliphatic rings. The van der Waals surface area contributed by atoms with Crippen LogP contribution in [0.25, 0.3) is 0 Å². The van der Waals surface area contributed by atoms with Gasteiger partial charge in [0.15, 0.2) is 0 Å². The Bertz CT molecular complexity index is 410. The normalized spacial score (nSPS) is 13.3. The number of nitrogens with two attached hydrogens (primary N) is 2. The standard InChI is InChI=1S/C12H22N4O5/c1-6(2)3-8(12(21)15-5-10(18)19)16-11(20)7(13)4-9(14)17/h6-8H,3-5,13H2,1-2H3,(H2,14,17)(H,15,21)(H,16,20)(H,18,19). The van der Waals surface area contributed by atoms with Crippen molar-refractivity contribution in [2.24, 2.45) is 17.4 Å². The van der Waals surface area contributed by atoms with Gasteiger partial charge in [-0.3, -0.25) is 19.2 Å². The predicted molar refractivity (Wildman–Crippen MR) is 73.8 cm³/mol. The lowest BCUT2D eigenvalue weighted by molar-refractivity contribution is -0.138. The maximum absolute atomic E-state index is 11.8. The molecule has 0 saturated carbocycles. The molecule has 2 unspecified atom stereocenters. The van der Waals surface area contributed by atoms with Crippen molar-refractivity contribution < 1.29 is 24.3 Å². The first-order valence-corrected chi connectivity index (χ1v) is 6.47. The zero-order chi connectivity index (χ0) is 16.6. The van der Waals surface area contributed by atoms with E-state index in [1.807, 2.05) is 13.8 Å². The number of amides is 3. The van der Waals surface area contributed by atoms with Gasteiger partial charge in [0.25, 0.3) is 0 Å². The number of hydrogen-bond acceptors (Lipinski definition) is 5. The van der Waals surface area contributed by atoms with Gasteiger partial charge in [0.2, 0.25) is 17.7 Å². The Morgan fingerprint density at radius 2 is 1.71 bits per heavy atom. The fraction of sp³-hybridized carbons (Fsp3) is 0.667. The highest BCUT2D eigenvalue weighted by molar-refractivity contribution is 5.92. The molecule has 21 heavy (non-hydrogen) atoms. The Balaban J connectivity index is 4.67. The summed E-state index contributed by atoms with van der Waals surface area (Å²) >= 11 is 0. The van der Waals surface area contributed by atoms with E-state index in [9.17, 15) is 19.2 Å².